The Morgan fingerprint density at radius 1 is 1.33 bits per heavy atom. The summed E-state index contributed by atoms with van der Waals surface area (Å²) in [6, 6.07) is 8.61. The van der Waals surface area contributed by atoms with Crippen LogP contribution in [0.4, 0.5) is 0 Å². The van der Waals surface area contributed by atoms with E-state index in [0.717, 1.165) is 41.2 Å². The molecule has 1 heterocycles. The standard InChI is InChI=1S/C19H25N3OS/c1-12(2)17(19-22-15-6-4-5-7-16(15)24-19)18(20-3)21-14-9-8-13(10-14)11-23/h4-7,13-14,23H,8-11H2,1-3H3,(H,20,21). The van der Waals surface area contributed by atoms with Crippen LogP contribution in [0.2, 0.25) is 0 Å². The highest BCUT2D eigenvalue weighted by Gasteiger charge is 2.26. The molecule has 1 fully saturated rings. The molecule has 3 rings (SSSR count). The molecule has 128 valence electrons. The number of para-hydroxylation sites is 1. The number of rotatable bonds is 4. The number of nitrogens with zero attached hydrogens (tertiary/aromatic N) is 2. The van der Waals surface area contributed by atoms with Crippen molar-refractivity contribution in [3.63, 3.8) is 0 Å². The molecular formula is C19H25N3OS. The monoisotopic (exact) mass is 343 g/mol. The number of aliphatic imine (C=N–C) groups is 1. The number of fused-ring (bicyclic) bond motifs is 1. The Balaban J connectivity index is 1.88. The summed E-state index contributed by atoms with van der Waals surface area (Å²) in [5, 5.41) is 14.0. The summed E-state index contributed by atoms with van der Waals surface area (Å²) in [4.78, 5) is 9.33. The second kappa shape index (κ2) is 7.45. The summed E-state index contributed by atoms with van der Waals surface area (Å²) in [6.07, 6.45) is 3.17. The van der Waals surface area contributed by atoms with Gasteiger partial charge in [-0.2, -0.15) is 0 Å². The van der Waals surface area contributed by atoms with Crippen LogP contribution >= 0.6 is 11.3 Å². The molecule has 1 aliphatic carbocycles. The lowest BCUT2D eigenvalue weighted by Gasteiger charge is -2.18. The van der Waals surface area contributed by atoms with Crippen molar-refractivity contribution in [2.45, 2.75) is 39.2 Å². The van der Waals surface area contributed by atoms with Crippen molar-refractivity contribution in [1.82, 2.24) is 10.3 Å². The normalized spacial score (nSPS) is 21.2. The van der Waals surface area contributed by atoms with Crippen LogP contribution < -0.4 is 5.32 Å². The van der Waals surface area contributed by atoms with E-state index >= 15 is 0 Å². The van der Waals surface area contributed by atoms with E-state index in [2.05, 4.69) is 36.3 Å². The molecular weight excluding hydrogens is 318 g/mol. The van der Waals surface area contributed by atoms with Crippen LogP contribution in [0.5, 0.6) is 0 Å². The Kier molecular flexibility index (Phi) is 5.31. The molecule has 2 N–H and O–H groups in total. The van der Waals surface area contributed by atoms with E-state index in [9.17, 15) is 5.11 Å². The van der Waals surface area contributed by atoms with Crippen LogP contribution in [-0.4, -0.2) is 35.6 Å². The molecule has 0 spiro atoms. The number of hydrogen-bond donors (Lipinski definition) is 2. The molecule has 0 saturated heterocycles. The second-order valence-electron chi connectivity index (χ2n) is 6.64. The highest BCUT2D eigenvalue weighted by atomic mass is 32.1. The zero-order valence-electron chi connectivity index (χ0n) is 14.5. The summed E-state index contributed by atoms with van der Waals surface area (Å²) in [5.74, 6) is 1.33. The van der Waals surface area contributed by atoms with Gasteiger partial charge < -0.3 is 10.4 Å². The van der Waals surface area contributed by atoms with Crippen LogP contribution in [0.25, 0.3) is 15.8 Å². The number of benzene rings is 1. The molecule has 0 bridgehead atoms. The van der Waals surface area contributed by atoms with E-state index in [1.54, 1.807) is 11.3 Å². The number of thiazole rings is 1. The van der Waals surface area contributed by atoms with Crippen LogP contribution in [0, 0.1) is 5.92 Å². The van der Waals surface area contributed by atoms with Crippen molar-refractivity contribution in [2.24, 2.45) is 10.9 Å². The Labute approximate surface area is 147 Å². The number of amidine groups is 1. The zero-order chi connectivity index (χ0) is 17.1. The Morgan fingerprint density at radius 3 is 2.75 bits per heavy atom. The molecule has 5 heteroatoms. The predicted octanol–water partition coefficient (Wildman–Crippen LogP) is 3.87. The van der Waals surface area contributed by atoms with Crippen LogP contribution in [-0.2, 0) is 0 Å². The van der Waals surface area contributed by atoms with E-state index < -0.39 is 0 Å². The van der Waals surface area contributed by atoms with Gasteiger partial charge in [0.2, 0.25) is 0 Å². The lowest BCUT2D eigenvalue weighted by molar-refractivity contribution is 0.228. The third-order valence-electron chi connectivity index (χ3n) is 4.61. The third-order valence-corrected chi connectivity index (χ3v) is 5.66. The Hall–Kier alpha value is -1.72. The van der Waals surface area contributed by atoms with Crippen molar-refractivity contribution in [3.8, 4) is 0 Å². The number of nitrogens with one attached hydrogen (secondary N) is 1. The van der Waals surface area contributed by atoms with E-state index in [0.29, 0.717) is 12.0 Å². The van der Waals surface area contributed by atoms with Crippen molar-refractivity contribution >= 4 is 33.0 Å². The highest BCUT2D eigenvalue weighted by Crippen LogP contribution is 2.31. The highest BCUT2D eigenvalue weighted by molar-refractivity contribution is 7.19. The van der Waals surface area contributed by atoms with Crippen molar-refractivity contribution in [2.75, 3.05) is 13.7 Å². The van der Waals surface area contributed by atoms with Crippen molar-refractivity contribution < 1.29 is 5.11 Å². The van der Waals surface area contributed by atoms with Gasteiger partial charge in [-0.3, -0.25) is 4.99 Å². The lowest BCUT2D eigenvalue weighted by atomic mass is 10.1. The Bertz CT molecular complexity index is 741. The van der Waals surface area contributed by atoms with Gasteiger partial charge in [0.05, 0.1) is 15.8 Å². The maximum Gasteiger partial charge on any atom is 0.131 e. The fraction of sp³-hybridized carbons (Fsp3) is 0.474. The number of aromatic nitrogens is 1. The van der Waals surface area contributed by atoms with Gasteiger partial charge in [-0.1, -0.05) is 17.7 Å². The van der Waals surface area contributed by atoms with Gasteiger partial charge in [-0.05, 0) is 51.2 Å². The minimum atomic E-state index is 0.282. The molecule has 1 aliphatic rings. The Morgan fingerprint density at radius 2 is 2.12 bits per heavy atom. The van der Waals surface area contributed by atoms with Crippen molar-refractivity contribution in [3.05, 3.63) is 34.8 Å². The molecule has 2 unspecified atom stereocenters. The SMILES string of the molecule is CN=C(NC1CCC(CO)C1)C(=C(C)C)c1nc2ccccc2s1. The molecule has 0 aliphatic heterocycles. The number of hydrogen-bond acceptors (Lipinski definition) is 4. The second-order valence-corrected chi connectivity index (χ2v) is 7.67. The molecule has 1 aromatic carbocycles. The quantitative estimate of drug-likeness (QED) is 0.654. The van der Waals surface area contributed by atoms with Crippen LogP contribution in [0.1, 0.15) is 38.1 Å². The van der Waals surface area contributed by atoms with Gasteiger partial charge in [0.1, 0.15) is 10.8 Å². The minimum Gasteiger partial charge on any atom is -0.396 e. The molecule has 0 radical (unpaired) electrons. The third kappa shape index (κ3) is 3.52. The summed E-state index contributed by atoms with van der Waals surface area (Å²) in [6.45, 7) is 4.50. The van der Waals surface area contributed by atoms with E-state index in [4.69, 9.17) is 4.98 Å². The predicted molar refractivity (Wildman–Crippen MR) is 103 cm³/mol. The molecule has 4 nitrogen and oxygen atoms in total. The maximum absolute atomic E-state index is 9.36. The summed E-state index contributed by atoms with van der Waals surface area (Å²) in [5.41, 5.74) is 3.35. The van der Waals surface area contributed by atoms with Gasteiger partial charge >= 0.3 is 0 Å². The molecule has 24 heavy (non-hydrogen) atoms. The van der Waals surface area contributed by atoms with Gasteiger partial charge in [0.25, 0.3) is 0 Å². The fourth-order valence-corrected chi connectivity index (χ4v) is 4.46. The van der Waals surface area contributed by atoms with E-state index in [-0.39, 0.29) is 6.61 Å². The molecule has 2 atom stereocenters. The topological polar surface area (TPSA) is 57.5 Å². The minimum absolute atomic E-state index is 0.282. The van der Waals surface area contributed by atoms with Gasteiger partial charge in [0.15, 0.2) is 0 Å². The summed E-state index contributed by atoms with van der Waals surface area (Å²) < 4.78 is 1.20. The average Bonchev–Trinajstić information content (AvgIpc) is 3.19. The van der Waals surface area contributed by atoms with Crippen molar-refractivity contribution in [1.29, 1.82) is 0 Å². The first kappa shape index (κ1) is 17.1. The molecule has 1 aromatic heterocycles. The average molecular weight is 343 g/mol. The summed E-state index contributed by atoms with van der Waals surface area (Å²) in [7, 11) is 1.83. The largest absolute Gasteiger partial charge is 0.396 e. The molecule has 2 aromatic rings. The van der Waals surface area contributed by atoms with E-state index in [1.165, 1.54) is 10.3 Å². The van der Waals surface area contributed by atoms with E-state index in [1.807, 2.05) is 19.2 Å². The first-order valence-corrected chi connectivity index (χ1v) is 9.32. The smallest absolute Gasteiger partial charge is 0.131 e. The van der Waals surface area contributed by atoms with Gasteiger partial charge in [-0.15, -0.1) is 11.3 Å². The van der Waals surface area contributed by atoms with Gasteiger partial charge in [0, 0.05) is 19.7 Å². The molecule has 1 saturated carbocycles. The molecule has 0 amide bonds. The lowest BCUT2D eigenvalue weighted by Crippen LogP contribution is -2.34. The fourth-order valence-electron chi connectivity index (χ4n) is 3.34. The number of allylic oxidation sites excluding steroid dienone is 1. The van der Waals surface area contributed by atoms with Crippen LogP contribution in [0.3, 0.4) is 0 Å². The number of aliphatic hydroxyl groups excluding tert-OH is 1. The zero-order valence-corrected chi connectivity index (χ0v) is 15.4. The maximum atomic E-state index is 9.36. The first-order chi connectivity index (χ1) is 11.6. The number of aliphatic hydroxyl groups is 1. The van der Waals surface area contributed by atoms with Gasteiger partial charge in [-0.25, -0.2) is 4.98 Å². The van der Waals surface area contributed by atoms with Crippen LogP contribution in [0.15, 0.2) is 34.8 Å². The summed E-state index contributed by atoms with van der Waals surface area (Å²) >= 11 is 1.71. The first-order valence-electron chi connectivity index (χ1n) is 8.50.